The van der Waals surface area contributed by atoms with E-state index in [1.54, 1.807) is 37.2 Å². The summed E-state index contributed by atoms with van der Waals surface area (Å²) >= 11 is 0. The molecule has 0 radical (unpaired) electrons. The molecule has 2 rings (SSSR count). The van der Waals surface area contributed by atoms with Gasteiger partial charge in [-0.25, -0.2) is 14.0 Å². The van der Waals surface area contributed by atoms with Gasteiger partial charge in [-0.2, -0.15) is 0 Å². The van der Waals surface area contributed by atoms with Crippen molar-refractivity contribution < 1.29 is 23.8 Å². The molecular weight excluding hydrogens is 353 g/mol. The summed E-state index contributed by atoms with van der Waals surface area (Å²) in [5.41, 5.74) is 1.96. The van der Waals surface area contributed by atoms with Crippen molar-refractivity contribution in [2.45, 2.75) is 6.10 Å². The summed E-state index contributed by atoms with van der Waals surface area (Å²) in [5, 5.41) is 15.3. The topological polar surface area (TPSA) is 90.9 Å². The second-order valence-corrected chi connectivity index (χ2v) is 6.02. The van der Waals surface area contributed by atoms with E-state index in [4.69, 9.17) is 4.74 Å². The molecule has 7 nitrogen and oxygen atoms in total. The zero-order chi connectivity index (χ0) is 20.0. The minimum Gasteiger partial charge on any atom is -0.465 e. The van der Waals surface area contributed by atoms with Crippen LogP contribution in [0.25, 0.3) is 0 Å². The van der Waals surface area contributed by atoms with Crippen molar-refractivity contribution in [2.75, 3.05) is 38.0 Å². The van der Waals surface area contributed by atoms with Crippen LogP contribution in [0.3, 0.4) is 0 Å². The minimum absolute atomic E-state index is 0.0466. The number of nitrogens with zero attached hydrogens (tertiary/aromatic N) is 1. The molecule has 0 bridgehead atoms. The molecule has 3 N–H and O–H groups in total. The third-order valence-electron chi connectivity index (χ3n) is 3.86. The summed E-state index contributed by atoms with van der Waals surface area (Å²) < 4.78 is 17.6. The van der Waals surface area contributed by atoms with Crippen LogP contribution in [0.1, 0.15) is 22.0 Å². The van der Waals surface area contributed by atoms with E-state index < -0.39 is 23.9 Å². The van der Waals surface area contributed by atoms with Gasteiger partial charge in [-0.15, -0.1) is 0 Å². The summed E-state index contributed by atoms with van der Waals surface area (Å²) in [5.74, 6) is -0.875. The predicted octanol–water partition coefficient (Wildman–Crippen LogP) is 2.53. The lowest BCUT2D eigenvalue weighted by atomic mass is 10.1. The van der Waals surface area contributed by atoms with Crippen LogP contribution >= 0.6 is 0 Å². The van der Waals surface area contributed by atoms with Crippen LogP contribution in [0.4, 0.5) is 20.6 Å². The van der Waals surface area contributed by atoms with Gasteiger partial charge in [0.1, 0.15) is 5.82 Å². The number of benzene rings is 2. The maximum Gasteiger partial charge on any atom is 0.337 e. The molecule has 0 aliphatic heterocycles. The Balaban J connectivity index is 2.02. The first-order valence-corrected chi connectivity index (χ1v) is 8.20. The van der Waals surface area contributed by atoms with Crippen LogP contribution in [0.5, 0.6) is 0 Å². The number of carbonyl (C=O) groups is 2. The van der Waals surface area contributed by atoms with E-state index in [-0.39, 0.29) is 6.54 Å². The highest BCUT2D eigenvalue weighted by Crippen LogP contribution is 2.26. The Bertz CT molecular complexity index is 809. The van der Waals surface area contributed by atoms with Crippen molar-refractivity contribution in [1.29, 1.82) is 0 Å². The Morgan fingerprint density at radius 3 is 2.44 bits per heavy atom. The molecule has 1 atom stereocenters. The number of aliphatic hydroxyl groups excluding tert-OH is 1. The summed E-state index contributed by atoms with van der Waals surface area (Å²) in [6, 6.07) is 9.61. The van der Waals surface area contributed by atoms with Crippen molar-refractivity contribution in [2.24, 2.45) is 0 Å². The van der Waals surface area contributed by atoms with Gasteiger partial charge in [0.2, 0.25) is 0 Å². The Hall–Kier alpha value is -3.13. The molecule has 0 aromatic heterocycles. The molecule has 0 saturated heterocycles. The van der Waals surface area contributed by atoms with Crippen LogP contribution < -0.4 is 15.5 Å². The third kappa shape index (κ3) is 5.42. The van der Waals surface area contributed by atoms with E-state index in [9.17, 15) is 19.1 Å². The number of anilines is 2. The van der Waals surface area contributed by atoms with E-state index in [0.717, 1.165) is 0 Å². The lowest BCUT2D eigenvalue weighted by Crippen LogP contribution is -2.33. The van der Waals surface area contributed by atoms with Crippen molar-refractivity contribution >= 4 is 23.4 Å². The average molecular weight is 375 g/mol. The largest absolute Gasteiger partial charge is 0.465 e. The quantitative estimate of drug-likeness (QED) is 0.675. The van der Waals surface area contributed by atoms with Gasteiger partial charge in [-0.1, -0.05) is 12.1 Å². The zero-order valence-corrected chi connectivity index (χ0v) is 15.3. The van der Waals surface area contributed by atoms with Gasteiger partial charge >= 0.3 is 12.0 Å². The SMILES string of the molecule is COC(=O)c1ccc(NC(=O)NCC(O)c2ccc(F)cc2)c(N(C)C)c1. The van der Waals surface area contributed by atoms with E-state index in [1.165, 1.54) is 31.4 Å². The monoisotopic (exact) mass is 375 g/mol. The molecule has 0 spiro atoms. The Morgan fingerprint density at radius 2 is 1.85 bits per heavy atom. The second kappa shape index (κ2) is 9.00. The fourth-order valence-electron chi connectivity index (χ4n) is 2.41. The fourth-order valence-corrected chi connectivity index (χ4v) is 2.41. The lowest BCUT2D eigenvalue weighted by molar-refractivity contribution is 0.0601. The summed E-state index contributed by atoms with van der Waals surface area (Å²) in [6.07, 6.45) is -0.966. The van der Waals surface area contributed by atoms with E-state index in [2.05, 4.69) is 10.6 Å². The molecule has 0 aliphatic rings. The number of methoxy groups -OCH3 is 1. The number of rotatable bonds is 6. The molecule has 144 valence electrons. The smallest absolute Gasteiger partial charge is 0.337 e. The van der Waals surface area contributed by atoms with Crippen LogP contribution in [-0.4, -0.2) is 44.9 Å². The first kappa shape index (κ1) is 20.2. The Morgan fingerprint density at radius 1 is 1.19 bits per heavy atom. The number of nitrogens with one attached hydrogen (secondary N) is 2. The Labute approximate surface area is 156 Å². The van der Waals surface area contributed by atoms with Crippen LogP contribution in [-0.2, 0) is 4.74 Å². The van der Waals surface area contributed by atoms with Gasteiger partial charge in [-0.3, -0.25) is 0 Å². The van der Waals surface area contributed by atoms with Crippen molar-refractivity contribution in [3.63, 3.8) is 0 Å². The number of urea groups is 1. The normalized spacial score (nSPS) is 11.4. The Kier molecular flexibility index (Phi) is 6.73. The van der Waals surface area contributed by atoms with Gasteiger partial charge in [0.05, 0.1) is 30.2 Å². The number of hydrogen-bond acceptors (Lipinski definition) is 5. The molecule has 2 aromatic rings. The summed E-state index contributed by atoms with van der Waals surface area (Å²) in [7, 11) is 4.85. The molecule has 27 heavy (non-hydrogen) atoms. The number of aliphatic hydroxyl groups is 1. The summed E-state index contributed by atoms with van der Waals surface area (Å²) in [6.45, 7) is -0.0466. The molecule has 8 heteroatoms. The molecule has 0 aliphatic carbocycles. The number of hydrogen-bond donors (Lipinski definition) is 3. The van der Waals surface area contributed by atoms with Gasteiger partial charge < -0.3 is 25.4 Å². The van der Waals surface area contributed by atoms with E-state index >= 15 is 0 Å². The first-order chi connectivity index (χ1) is 12.8. The first-order valence-electron chi connectivity index (χ1n) is 8.20. The standard InChI is InChI=1S/C19H22FN3O4/c1-23(2)16-10-13(18(25)27-3)6-9-15(16)22-19(26)21-11-17(24)12-4-7-14(20)8-5-12/h4-10,17,24H,11H2,1-3H3,(H2,21,22,26). The van der Waals surface area contributed by atoms with Crippen LogP contribution in [0, 0.1) is 5.82 Å². The summed E-state index contributed by atoms with van der Waals surface area (Å²) in [4.78, 5) is 25.6. The zero-order valence-electron chi connectivity index (χ0n) is 15.3. The number of halogens is 1. The average Bonchev–Trinajstić information content (AvgIpc) is 2.66. The number of ether oxygens (including phenoxy) is 1. The molecule has 0 heterocycles. The van der Waals surface area contributed by atoms with E-state index in [1.807, 2.05) is 0 Å². The lowest BCUT2D eigenvalue weighted by Gasteiger charge is -2.19. The van der Waals surface area contributed by atoms with Crippen LogP contribution in [0.2, 0.25) is 0 Å². The third-order valence-corrected chi connectivity index (χ3v) is 3.86. The van der Waals surface area contributed by atoms with Gasteiger partial charge in [0.15, 0.2) is 0 Å². The van der Waals surface area contributed by atoms with Gasteiger partial charge in [-0.05, 0) is 35.9 Å². The van der Waals surface area contributed by atoms with Crippen molar-refractivity contribution in [3.8, 4) is 0 Å². The maximum atomic E-state index is 12.9. The fraction of sp³-hybridized carbons (Fsp3) is 0.263. The molecule has 0 fully saturated rings. The number of esters is 1. The van der Waals surface area contributed by atoms with E-state index in [0.29, 0.717) is 22.5 Å². The van der Waals surface area contributed by atoms with Crippen LogP contribution in [0.15, 0.2) is 42.5 Å². The highest BCUT2D eigenvalue weighted by molar-refractivity contribution is 5.96. The number of carbonyl (C=O) groups excluding carboxylic acids is 2. The maximum absolute atomic E-state index is 12.9. The van der Waals surface area contributed by atoms with Gasteiger partial charge in [0, 0.05) is 20.6 Å². The second-order valence-electron chi connectivity index (χ2n) is 6.02. The molecule has 2 amide bonds. The van der Waals surface area contributed by atoms with Crippen molar-refractivity contribution in [1.82, 2.24) is 5.32 Å². The minimum atomic E-state index is -0.966. The van der Waals surface area contributed by atoms with Gasteiger partial charge in [0.25, 0.3) is 0 Å². The highest BCUT2D eigenvalue weighted by atomic mass is 19.1. The highest BCUT2D eigenvalue weighted by Gasteiger charge is 2.14. The predicted molar refractivity (Wildman–Crippen MR) is 100 cm³/mol. The molecular formula is C19H22FN3O4. The molecule has 1 unspecified atom stereocenters. The number of amides is 2. The van der Waals surface area contributed by atoms with Crippen molar-refractivity contribution in [3.05, 3.63) is 59.4 Å². The molecule has 0 saturated carbocycles. The molecule has 2 aromatic carbocycles.